The summed E-state index contributed by atoms with van der Waals surface area (Å²) in [6.45, 7) is 0. The van der Waals surface area contributed by atoms with Gasteiger partial charge in [-0.2, -0.15) is 0 Å². The second-order valence-corrected chi connectivity index (χ2v) is 3.61. The number of rotatable bonds is 0. The lowest BCUT2D eigenvalue weighted by Crippen LogP contribution is -2.10. The number of halogens is 1. The van der Waals surface area contributed by atoms with Crippen molar-refractivity contribution in [3.8, 4) is 0 Å². The Hall–Kier alpha value is -1.29. The highest BCUT2D eigenvalue weighted by atomic mass is 79.9. The molecule has 2 rings (SSSR count). The van der Waals surface area contributed by atoms with Crippen molar-refractivity contribution in [2.75, 3.05) is 5.73 Å². The van der Waals surface area contributed by atoms with Crippen molar-refractivity contribution < 1.29 is 0 Å². The molecule has 66 valence electrons. The maximum Gasteiger partial charge on any atom is 0.271 e. The van der Waals surface area contributed by atoms with Crippen molar-refractivity contribution >= 4 is 32.5 Å². The van der Waals surface area contributed by atoms with Gasteiger partial charge in [-0.3, -0.25) is 4.79 Å². The number of pyridine rings is 1. The van der Waals surface area contributed by atoms with Crippen molar-refractivity contribution in [2.45, 2.75) is 0 Å². The van der Waals surface area contributed by atoms with Gasteiger partial charge in [0.1, 0.15) is 0 Å². The highest BCUT2D eigenvalue weighted by Crippen LogP contribution is 2.20. The van der Waals surface area contributed by atoms with E-state index in [2.05, 4.69) is 20.9 Å². The van der Waals surface area contributed by atoms with Crippen molar-refractivity contribution in [2.24, 2.45) is 0 Å². The van der Waals surface area contributed by atoms with Crippen molar-refractivity contribution in [3.05, 3.63) is 39.1 Å². The summed E-state index contributed by atoms with van der Waals surface area (Å²) in [6.07, 6.45) is 0. The topological polar surface area (TPSA) is 58.9 Å². The Bertz CT molecular complexity index is 518. The van der Waals surface area contributed by atoms with Crippen LogP contribution in [0.1, 0.15) is 0 Å². The molecule has 3 nitrogen and oxygen atoms in total. The fourth-order valence-electron chi connectivity index (χ4n) is 1.21. The Kier molecular flexibility index (Phi) is 1.84. The molecule has 0 saturated heterocycles. The lowest BCUT2D eigenvalue weighted by Gasteiger charge is -2.00. The maximum absolute atomic E-state index is 11.2. The molecular formula is C9H7BrN2O. The molecule has 4 heteroatoms. The number of aromatic amines is 1. The molecule has 0 saturated carbocycles. The summed E-state index contributed by atoms with van der Waals surface area (Å²) < 4.78 is 0.863. The Morgan fingerprint density at radius 3 is 2.92 bits per heavy atom. The van der Waals surface area contributed by atoms with Gasteiger partial charge in [0.2, 0.25) is 0 Å². The van der Waals surface area contributed by atoms with Gasteiger partial charge < -0.3 is 10.7 Å². The molecule has 0 aliphatic rings. The van der Waals surface area contributed by atoms with Crippen molar-refractivity contribution in [1.29, 1.82) is 0 Å². The molecule has 0 amide bonds. The van der Waals surface area contributed by atoms with Crippen LogP contribution in [0, 0.1) is 0 Å². The number of para-hydroxylation sites is 1. The lowest BCUT2D eigenvalue weighted by atomic mass is 10.2. The standard InChI is InChI=1S/C9H7BrN2O/c10-6-3-1-2-5-4-7(11)9(13)12-8(5)6/h1-4H,11H2,(H,12,13). The van der Waals surface area contributed by atoms with Gasteiger partial charge in [-0.25, -0.2) is 0 Å². The van der Waals surface area contributed by atoms with Gasteiger partial charge in [0.15, 0.2) is 0 Å². The molecule has 0 aliphatic carbocycles. The number of nitrogen functional groups attached to an aromatic ring is 1. The van der Waals surface area contributed by atoms with Crippen LogP contribution < -0.4 is 11.3 Å². The molecule has 0 radical (unpaired) electrons. The first kappa shape index (κ1) is 8.31. The molecule has 1 heterocycles. The molecule has 1 aromatic carbocycles. The van der Waals surface area contributed by atoms with E-state index in [1.165, 1.54) is 0 Å². The van der Waals surface area contributed by atoms with Crippen LogP contribution in [0.4, 0.5) is 5.69 Å². The summed E-state index contributed by atoms with van der Waals surface area (Å²) >= 11 is 3.34. The second kappa shape index (κ2) is 2.88. The van der Waals surface area contributed by atoms with E-state index in [1.54, 1.807) is 6.07 Å². The number of hydrogen-bond acceptors (Lipinski definition) is 2. The maximum atomic E-state index is 11.2. The third kappa shape index (κ3) is 1.33. The van der Waals surface area contributed by atoms with Gasteiger partial charge in [-0.15, -0.1) is 0 Å². The number of hydrogen-bond donors (Lipinski definition) is 2. The van der Waals surface area contributed by atoms with E-state index in [0.29, 0.717) is 0 Å². The zero-order chi connectivity index (χ0) is 9.42. The highest BCUT2D eigenvalue weighted by molar-refractivity contribution is 9.10. The normalized spacial score (nSPS) is 10.5. The molecule has 0 atom stereocenters. The molecule has 0 unspecified atom stereocenters. The minimum Gasteiger partial charge on any atom is -0.394 e. The van der Waals surface area contributed by atoms with E-state index < -0.39 is 0 Å². The first-order chi connectivity index (χ1) is 6.18. The SMILES string of the molecule is Nc1cc2cccc(Br)c2[nH]c1=O. The molecule has 13 heavy (non-hydrogen) atoms. The van der Waals surface area contributed by atoms with E-state index in [4.69, 9.17) is 5.73 Å². The fourth-order valence-corrected chi connectivity index (χ4v) is 1.69. The molecule has 1 aromatic heterocycles. The molecule has 3 N–H and O–H groups in total. The monoisotopic (exact) mass is 238 g/mol. The van der Waals surface area contributed by atoms with Crippen LogP contribution in [0.3, 0.4) is 0 Å². The number of fused-ring (bicyclic) bond motifs is 1. The van der Waals surface area contributed by atoms with E-state index in [-0.39, 0.29) is 11.2 Å². The molecule has 0 spiro atoms. The highest BCUT2D eigenvalue weighted by Gasteiger charge is 2.01. The number of nitrogens with one attached hydrogen (secondary N) is 1. The summed E-state index contributed by atoms with van der Waals surface area (Å²) in [5.74, 6) is 0. The average Bonchev–Trinajstić information content (AvgIpc) is 2.09. The predicted molar refractivity (Wildman–Crippen MR) is 56.7 cm³/mol. The quantitative estimate of drug-likeness (QED) is 0.737. The Labute approximate surface area is 82.7 Å². The van der Waals surface area contributed by atoms with Crippen LogP contribution in [-0.4, -0.2) is 4.98 Å². The minimum absolute atomic E-state index is 0.241. The van der Waals surface area contributed by atoms with Crippen molar-refractivity contribution in [3.63, 3.8) is 0 Å². The van der Waals surface area contributed by atoms with Crippen molar-refractivity contribution in [1.82, 2.24) is 4.98 Å². The summed E-state index contributed by atoms with van der Waals surface area (Å²) in [6, 6.07) is 7.32. The summed E-state index contributed by atoms with van der Waals surface area (Å²) in [5.41, 5.74) is 6.25. The first-order valence-corrected chi connectivity index (χ1v) is 4.55. The van der Waals surface area contributed by atoms with Gasteiger partial charge in [0.25, 0.3) is 5.56 Å². The summed E-state index contributed by atoms with van der Waals surface area (Å²) in [7, 11) is 0. The van der Waals surface area contributed by atoms with Crippen LogP contribution in [0.5, 0.6) is 0 Å². The largest absolute Gasteiger partial charge is 0.394 e. The fraction of sp³-hybridized carbons (Fsp3) is 0. The van der Waals surface area contributed by atoms with Crippen LogP contribution in [-0.2, 0) is 0 Å². The van der Waals surface area contributed by atoms with Gasteiger partial charge >= 0.3 is 0 Å². The van der Waals surface area contributed by atoms with Gasteiger partial charge in [0, 0.05) is 9.86 Å². The Morgan fingerprint density at radius 1 is 1.38 bits per heavy atom. The third-order valence-electron chi connectivity index (χ3n) is 1.86. The number of benzene rings is 1. The van der Waals surface area contributed by atoms with E-state index >= 15 is 0 Å². The zero-order valence-electron chi connectivity index (χ0n) is 6.67. The van der Waals surface area contributed by atoms with E-state index in [9.17, 15) is 4.79 Å². The summed E-state index contributed by atoms with van der Waals surface area (Å²) in [5, 5.41) is 0.923. The number of H-pyrrole nitrogens is 1. The smallest absolute Gasteiger partial charge is 0.271 e. The Balaban J connectivity index is 2.97. The van der Waals surface area contributed by atoms with E-state index in [1.807, 2.05) is 18.2 Å². The number of anilines is 1. The third-order valence-corrected chi connectivity index (χ3v) is 2.52. The number of aromatic nitrogens is 1. The molecule has 0 aliphatic heterocycles. The lowest BCUT2D eigenvalue weighted by molar-refractivity contribution is 1.30. The first-order valence-electron chi connectivity index (χ1n) is 3.75. The van der Waals surface area contributed by atoms with Gasteiger partial charge in [-0.1, -0.05) is 12.1 Å². The molecule has 0 bridgehead atoms. The van der Waals surface area contributed by atoms with Crippen LogP contribution >= 0.6 is 15.9 Å². The second-order valence-electron chi connectivity index (χ2n) is 2.76. The zero-order valence-corrected chi connectivity index (χ0v) is 8.26. The van der Waals surface area contributed by atoms with Crippen LogP contribution in [0.15, 0.2) is 33.5 Å². The summed E-state index contributed by atoms with van der Waals surface area (Å²) in [4.78, 5) is 13.9. The molecule has 0 fully saturated rings. The average molecular weight is 239 g/mol. The minimum atomic E-state index is -0.251. The molecule has 2 aromatic rings. The van der Waals surface area contributed by atoms with E-state index in [0.717, 1.165) is 15.4 Å². The van der Waals surface area contributed by atoms with Crippen LogP contribution in [0.25, 0.3) is 10.9 Å². The van der Waals surface area contributed by atoms with Gasteiger partial charge in [0.05, 0.1) is 11.2 Å². The van der Waals surface area contributed by atoms with Gasteiger partial charge in [-0.05, 0) is 28.1 Å². The predicted octanol–water partition coefficient (Wildman–Crippen LogP) is 1.87. The Morgan fingerprint density at radius 2 is 2.15 bits per heavy atom. The number of nitrogens with two attached hydrogens (primary N) is 1. The molecular weight excluding hydrogens is 232 g/mol. The van der Waals surface area contributed by atoms with Crippen LogP contribution in [0.2, 0.25) is 0 Å².